The normalized spacial score (nSPS) is 34.6. The summed E-state index contributed by atoms with van der Waals surface area (Å²) in [5.41, 5.74) is 1.35. The molecule has 1 aliphatic heterocycles. The lowest BCUT2D eigenvalue weighted by Gasteiger charge is -2.45. The Bertz CT molecular complexity index is 680. The van der Waals surface area contributed by atoms with Crippen molar-refractivity contribution in [3.8, 4) is 5.75 Å². The molecule has 1 heterocycles. The highest BCUT2D eigenvalue weighted by Gasteiger charge is 2.53. The van der Waals surface area contributed by atoms with Crippen LogP contribution in [-0.4, -0.2) is 47.7 Å². The molecule has 0 amide bonds. The number of carbonyl (C=O) groups excluding carboxylic acids is 2. The lowest BCUT2D eigenvalue weighted by Crippen LogP contribution is -2.59. The summed E-state index contributed by atoms with van der Waals surface area (Å²) in [4.78, 5) is 24.2. The zero-order chi connectivity index (χ0) is 18.1. The van der Waals surface area contributed by atoms with E-state index < -0.39 is 36.1 Å². The lowest BCUT2D eigenvalue weighted by atomic mass is 9.67. The number of methoxy groups -OCH3 is 1. The maximum atomic E-state index is 12.9. The molecule has 3 rings (SSSR count). The minimum Gasteiger partial charge on any atom is -0.497 e. The molecule has 2 N–H and O–H groups in total. The van der Waals surface area contributed by atoms with E-state index in [1.807, 2.05) is 24.3 Å². The molecule has 0 radical (unpaired) electrons. The predicted molar refractivity (Wildman–Crippen MR) is 88.9 cm³/mol. The smallest absolute Gasteiger partial charge is 0.171 e. The Balaban J connectivity index is 1.84. The maximum absolute atomic E-state index is 12.9. The number of aliphatic hydroxyl groups excluding tert-OH is 2. The topological polar surface area (TPSA) is 93.1 Å². The van der Waals surface area contributed by atoms with E-state index in [1.54, 1.807) is 14.0 Å². The van der Waals surface area contributed by atoms with Crippen LogP contribution in [0.1, 0.15) is 12.5 Å². The average molecular weight is 346 g/mol. The molecule has 134 valence electrons. The second-order valence-electron chi connectivity index (χ2n) is 6.71. The molecule has 0 aromatic heterocycles. The SMILES string of the molecule is COc1ccc(CC2=COC3C(C=O)C(O)C(C)C(O)C3C2=O)cc1. The van der Waals surface area contributed by atoms with Crippen LogP contribution in [0.25, 0.3) is 0 Å². The minimum atomic E-state index is -1.05. The van der Waals surface area contributed by atoms with Crippen LogP contribution in [0.4, 0.5) is 0 Å². The molecule has 6 heteroatoms. The molecular formula is C19H22O6. The number of aliphatic hydroxyl groups is 2. The quantitative estimate of drug-likeness (QED) is 0.787. The van der Waals surface area contributed by atoms with Gasteiger partial charge in [0.2, 0.25) is 0 Å². The number of rotatable bonds is 4. The summed E-state index contributed by atoms with van der Waals surface area (Å²) in [5.74, 6) is -1.75. The number of Topliss-reactive ketones (excluding diaryl/α,β-unsaturated/α-hetero) is 1. The number of aldehydes is 1. The van der Waals surface area contributed by atoms with Gasteiger partial charge in [-0.25, -0.2) is 0 Å². The molecule has 6 unspecified atom stereocenters. The molecule has 1 saturated carbocycles. The van der Waals surface area contributed by atoms with E-state index in [4.69, 9.17) is 9.47 Å². The van der Waals surface area contributed by atoms with Crippen LogP contribution in [0.5, 0.6) is 5.75 Å². The molecule has 1 aliphatic carbocycles. The van der Waals surface area contributed by atoms with E-state index in [1.165, 1.54) is 6.26 Å². The lowest BCUT2D eigenvalue weighted by molar-refractivity contribution is -0.167. The fourth-order valence-corrected chi connectivity index (χ4v) is 3.67. The zero-order valence-electron chi connectivity index (χ0n) is 14.2. The van der Waals surface area contributed by atoms with E-state index in [2.05, 4.69) is 0 Å². The fraction of sp³-hybridized carbons (Fsp3) is 0.474. The number of ketones is 1. The first kappa shape index (κ1) is 17.6. The minimum absolute atomic E-state index is 0.231. The van der Waals surface area contributed by atoms with Crippen molar-refractivity contribution in [2.75, 3.05) is 7.11 Å². The maximum Gasteiger partial charge on any atom is 0.171 e. The Hall–Kier alpha value is -2.18. The van der Waals surface area contributed by atoms with Crippen LogP contribution in [0.15, 0.2) is 36.1 Å². The zero-order valence-corrected chi connectivity index (χ0v) is 14.2. The molecular weight excluding hydrogens is 324 g/mol. The van der Waals surface area contributed by atoms with Gasteiger partial charge in [0.15, 0.2) is 5.78 Å². The Morgan fingerprint density at radius 1 is 1.20 bits per heavy atom. The molecule has 6 atom stereocenters. The summed E-state index contributed by atoms with van der Waals surface area (Å²) in [6.07, 6.45) is -0.575. The second-order valence-corrected chi connectivity index (χ2v) is 6.71. The van der Waals surface area contributed by atoms with Crippen molar-refractivity contribution in [3.63, 3.8) is 0 Å². The van der Waals surface area contributed by atoms with E-state index in [9.17, 15) is 19.8 Å². The number of allylic oxidation sites excluding steroid dienone is 1. The van der Waals surface area contributed by atoms with Crippen molar-refractivity contribution in [2.45, 2.75) is 31.7 Å². The highest BCUT2D eigenvalue weighted by atomic mass is 16.5. The fourth-order valence-electron chi connectivity index (χ4n) is 3.67. The van der Waals surface area contributed by atoms with Gasteiger partial charge in [0.05, 0.1) is 37.4 Å². The molecule has 1 fully saturated rings. The summed E-state index contributed by atoms with van der Waals surface area (Å²) in [5, 5.41) is 20.6. The number of benzene rings is 1. The Morgan fingerprint density at radius 2 is 1.88 bits per heavy atom. The van der Waals surface area contributed by atoms with Crippen molar-refractivity contribution in [1.29, 1.82) is 0 Å². The Morgan fingerprint density at radius 3 is 2.48 bits per heavy atom. The molecule has 1 aromatic carbocycles. The first-order valence-electron chi connectivity index (χ1n) is 8.31. The van der Waals surface area contributed by atoms with Gasteiger partial charge >= 0.3 is 0 Å². The Kier molecular flexibility index (Phi) is 4.92. The average Bonchev–Trinajstić information content (AvgIpc) is 2.63. The van der Waals surface area contributed by atoms with Gasteiger partial charge in [-0.15, -0.1) is 0 Å². The number of carbonyl (C=O) groups is 2. The van der Waals surface area contributed by atoms with Crippen LogP contribution >= 0.6 is 0 Å². The van der Waals surface area contributed by atoms with Crippen molar-refractivity contribution < 1.29 is 29.3 Å². The third kappa shape index (κ3) is 3.07. The highest BCUT2D eigenvalue weighted by molar-refractivity contribution is 5.99. The van der Waals surface area contributed by atoms with E-state index in [0.717, 1.165) is 11.3 Å². The largest absolute Gasteiger partial charge is 0.497 e. The van der Waals surface area contributed by atoms with Gasteiger partial charge < -0.3 is 24.5 Å². The molecule has 6 nitrogen and oxygen atoms in total. The molecule has 0 spiro atoms. The predicted octanol–water partition coefficient (Wildman–Crippen LogP) is 0.892. The molecule has 1 aromatic rings. The van der Waals surface area contributed by atoms with Gasteiger partial charge in [0.1, 0.15) is 18.1 Å². The molecule has 25 heavy (non-hydrogen) atoms. The molecule has 0 bridgehead atoms. The van der Waals surface area contributed by atoms with Gasteiger partial charge in [-0.3, -0.25) is 4.79 Å². The van der Waals surface area contributed by atoms with Crippen molar-refractivity contribution in [3.05, 3.63) is 41.7 Å². The second kappa shape index (κ2) is 6.98. The third-order valence-electron chi connectivity index (χ3n) is 5.27. The standard InChI is InChI=1S/C19H22O6/c1-10-16(21)14(8-20)19-15(17(10)22)18(23)12(9-25-19)7-11-3-5-13(24-2)6-4-11/h3-6,8-10,14-17,19,21-22H,7H2,1-2H3. The van der Waals surface area contributed by atoms with E-state index >= 15 is 0 Å². The van der Waals surface area contributed by atoms with Crippen LogP contribution < -0.4 is 4.74 Å². The summed E-state index contributed by atoms with van der Waals surface area (Å²) in [7, 11) is 1.58. The Labute approximate surface area is 146 Å². The summed E-state index contributed by atoms with van der Waals surface area (Å²) in [6, 6.07) is 7.33. The number of ether oxygens (including phenoxy) is 2. The van der Waals surface area contributed by atoms with E-state index in [-0.39, 0.29) is 5.78 Å². The van der Waals surface area contributed by atoms with Gasteiger partial charge in [-0.05, 0) is 17.7 Å². The monoisotopic (exact) mass is 346 g/mol. The number of hydrogen-bond donors (Lipinski definition) is 2. The summed E-state index contributed by atoms with van der Waals surface area (Å²) in [6.45, 7) is 1.64. The first-order valence-corrected chi connectivity index (χ1v) is 8.31. The van der Waals surface area contributed by atoms with Gasteiger partial charge in [0, 0.05) is 17.9 Å². The molecule has 0 saturated heterocycles. The van der Waals surface area contributed by atoms with Gasteiger partial charge in [-0.1, -0.05) is 19.1 Å². The molecule has 2 aliphatic rings. The van der Waals surface area contributed by atoms with Crippen LogP contribution in [0, 0.1) is 17.8 Å². The first-order chi connectivity index (χ1) is 12.0. The van der Waals surface area contributed by atoms with Crippen LogP contribution in [0.3, 0.4) is 0 Å². The summed E-state index contributed by atoms with van der Waals surface area (Å²) >= 11 is 0. The van der Waals surface area contributed by atoms with Gasteiger partial charge in [0.25, 0.3) is 0 Å². The van der Waals surface area contributed by atoms with Crippen LogP contribution in [-0.2, 0) is 20.7 Å². The summed E-state index contributed by atoms with van der Waals surface area (Å²) < 4.78 is 10.7. The highest BCUT2D eigenvalue weighted by Crippen LogP contribution is 2.39. The van der Waals surface area contributed by atoms with Crippen molar-refractivity contribution in [2.24, 2.45) is 17.8 Å². The van der Waals surface area contributed by atoms with Crippen LogP contribution in [0.2, 0.25) is 0 Å². The van der Waals surface area contributed by atoms with E-state index in [0.29, 0.717) is 18.3 Å². The van der Waals surface area contributed by atoms with Gasteiger partial charge in [-0.2, -0.15) is 0 Å². The van der Waals surface area contributed by atoms with Crippen molar-refractivity contribution >= 4 is 12.1 Å². The third-order valence-corrected chi connectivity index (χ3v) is 5.27. The van der Waals surface area contributed by atoms with Crippen molar-refractivity contribution in [1.82, 2.24) is 0 Å². The number of fused-ring (bicyclic) bond motifs is 1. The number of hydrogen-bond acceptors (Lipinski definition) is 6.